The molecule has 0 fully saturated rings. The van der Waals surface area contributed by atoms with Crippen molar-refractivity contribution in [3.05, 3.63) is 73.3 Å². The third kappa shape index (κ3) is 4.52. The zero-order valence-electron chi connectivity index (χ0n) is 12.8. The fourth-order valence-electron chi connectivity index (χ4n) is 2.21. The minimum absolute atomic E-state index is 0.113. The fraction of sp³-hybridized carbons (Fsp3) is 0.263. The Hall–Kier alpha value is -1.43. The molecular weight excluding hydrogens is 275 g/mol. The minimum atomic E-state index is -0.484. The lowest BCUT2D eigenvalue weighted by Crippen LogP contribution is -2.21. The van der Waals surface area contributed by atoms with Crippen LogP contribution in [0.1, 0.15) is 13.8 Å². The number of rotatable bonds is 7. The Labute approximate surface area is 129 Å². The summed E-state index contributed by atoms with van der Waals surface area (Å²) >= 11 is 0. The van der Waals surface area contributed by atoms with Crippen LogP contribution in [-0.2, 0) is 4.74 Å². The summed E-state index contributed by atoms with van der Waals surface area (Å²) < 4.78 is 6.13. The van der Waals surface area contributed by atoms with Crippen LogP contribution in [0.5, 0.6) is 0 Å². The largest absolute Gasteiger partial charge is 0.369 e. The van der Waals surface area contributed by atoms with Gasteiger partial charge in [-0.15, -0.1) is 6.58 Å². The van der Waals surface area contributed by atoms with E-state index < -0.39 is 7.92 Å². The molecule has 2 heteroatoms. The van der Waals surface area contributed by atoms with Gasteiger partial charge in [-0.2, -0.15) is 0 Å². The molecule has 0 aliphatic carbocycles. The van der Waals surface area contributed by atoms with Crippen LogP contribution in [0.3, 0.4) is 0 Å². The highest BCUT2D eigenvalue weighted by Crippen LogP contribution is 2.34. The molecule has 2 aromatic rings. The molecule has 0 heterocycles. The smallest absolute Gasteiger partial charge is 0.0781 e. The van der Waals surface area contributed by atoms with Gasteiger partial charge in [0.2, 0.25) is 0 Å². The second-order valence-corrected chi connectivity index (χ2v) is 7.49. The van der Waals surface area contributed by atoms with Crippen LogP contribution in [0.4, 0.5) is 0 Å². The Bertz CT molecular complexity index is 497. The van der Waals surface area contributed by atoms with Gasteiger partial charge in [-0.3, -0.25) is 0 Å². The summed E-state index contributed by atoms with van der Waals surface area (Å²) in [6.07, 6.45) is 2.76. The number of hydrogen-bond acceptors (Lipinski definition) is 1. The minimum Gasteiger partial charge on any atom is -0.369 e. The molecule has 0 bridgehead atoms. The molecule has 110 valence electrons. The van der Waals surface area contributed by atoms with Gasteiger partial charge in [-0.05, 0) is 24.4 Å². The van der Waals surface area contributed by atoms with E-state index in [-0.39, 0.29) is 6.10 Å². The van der Waals surface area contributed by atoms with Gasteiger partial charge < -0.3 is 4.74 Å². The Kier molecular flexibility index (Phi) is 6.17. The Balaban J connectivity index is 2.19. The maximum atomic E-state index is 6.13. The SMILES string of the molecule is C=CC(OCP(c1ccccc1)c1ccccc1)C(C)C. The van der Waals surface area contributed by atoms with Gasteiger partial charge in [0.1, 0.15) is 0 Å². The molecule has 0 aliphatic heterocycles. The molecule has 0 spiro atoms. The number of benzene rings is 2. The average molecular weight is 298 g/mol. The summed E-state index contributed by atoms with van der Waals surface area (Å²) in [4.78, 5) is 0. The quantitative estimate of drug-likeness (QED) is 0.547. The van der Waals surface area contributed by atoms with E-state index in [9.17, 15) is 0 Å². The maximum Gasteiger partial charge on any atom is 0.0781 e. The predicted molar refractivity (Wildman–Crippen MR) is 93.8 cm³/mol. The van der Waals surface area contributed by atoms with Gasteiger partial charge in [-0.1, -0.05) is 80.6 Å². The van der Waals surface area contributed by atoms with Gasteiger partial charge >= 0.3 is 0 Å². The van der Waals surface area contributed by atoms with Gasteiger partial charge in [0.25, 0.3) is 0 Å². The van der Waals surface area contributed by atoms with E-state index in [0.717, 1.165) is 6.35 Å². The van der Waals surface area contributed by atoms with E-state index in [1.807, 2.05) is 6.08 Å². The first-order valence-electron chi connectivity index (χ1n) is 7.34. The third-order valence-electron chi connectivity index (χ3n) is 3.42. The van der Waals surface area contributed by atoms with Gasteiger partial charge in [0.05, 0.1) is 12.5 Å². The molecule has 0 saturated heterocycles. The van der Waals surface area contributed by atoms with E-state index >= 15 is 0 Å². The Morgan fingerprint density at radius 2 is 1.43 bits per heavy atom. The van der Waals surface area contributed by atoms with Crippen molar-refractivity contribution in [3.8, 4) is 0 Å². The van der Waals surface area contributed by atoms with Gasteiger partial charge in [0.15, 0.2) is 0 Å². The van der Waals surface area contributed by atoms with Crippen molar-refractivity contribution in [1.29, 1.82) is 0 Å². The normalized spacial score (nSPS) is 12.6. The molecule has 1 atom stereocenters. The lowest BCUT2D eigenvalue weighted by molar-refractivity contribution is 0.0900. The molecule has 0 amide bonds. The molecule has 0 saturated carbocycles. The van der Waals surface area contributed by atoms with Crippen molar-refractivity contribution in [2.45, 2.75) is 20.0 Å². The average Bonchev–Trinajstić information content (AvgIpc) is 2.53. The van der Waals surface area contributed by atoms with Crippen LogP contribution in [0.15, 0.2) is 73.3 Å². The van der Waals surface area contributed by atoms with Crippen LogP contribution in [-0.4, -0.2) is 12.5 Å². The van der Waals surface area contributed by atoms with Gasteiger partial charge in [0, 0.05) is 0 Å². The second-order valence-electron chi connectivity index (χ2n) is 5.34. The summed E-state index contributed by atoms with van der Waals surface area (Å²) in [6.45, 7) is 8.22. The number of ether oxygens (including phenoxy) is 1. The van der Waals surface area contributed by atoms with Crippen molar-refractivity contribution in [2.75, 3.05) is 6.35 Å². The lowest BCUT2D eigenvalue weighted by atomic mass is 10.1. The molecule has 1 nitrogen and oxygen atoms in total. The summed E-state index contributed by atoms with van der Waals surface area (Å²) in [5, 5.41) is 2.70. The van der Waals surface area contributed by atoms with E-state index in [1.54, 1.807) is 0 Å². The fourth-order valence-corrected chi connectivity index (χ4v) is 4.19. The van der Waals surface area contributed by atoms with Crippen LogP contribution < -0.4 is 10.6 Å². The van der Waals surface area contributed by atoms with E-state index in [4.69, 9.17) is 4.74 Å². The van der Waals surface area contributed by atoms with Crippen LogP contribution in [0.25, 0.3) is 0 Å². The summed E-state index contributed by atoms with van der Waals surface area (Å²) in [6, 6.07) is 21.3. The molecule has 0 radical (unpaired) electrons. The first kappa shape index (κ1) is 15.9. The molecular formula is C19H23OP. The predicted octanol–water partition coefficient (Wildman–Crippen LogP) is 4.30. The Morgan fingerprint density at radius 3 is 1.81 bits per heavy atom. The van der Waals surface area contributed by atoms with Crippen molar-refractivity contribution >= 4 is 18.5 Å². The van der Waals surface area contributed by atoms with E-state index in [2.05, 4.69) is 81.1 Å². The van der Waals surface area contributed by atoms with E-state index in [1.165, 1.54) is 10.6 Å². The molecule has 2 rings (SSSR count). The van der Waals surface area contributed by atoms with Crippen LogP contribution >= 0.6 is 7.92 Å². The zero-order valence-corrected chi connectivity index (χ0v) is 13.7. The highest BCUT2D eigenvalue weighted by atomic mass is 31.1. The van der Waals surface area contributed by atoms with Crippen molar-refractivity contribution < 1.29 is 4.74 Å². The maximum absolute atomic E-state index is 6.13. The molecule has 21 heavy (non-hydrogen) atoms. The van der Waals surface area contributed by atoms with Gasteiger partial charge in [-0.25, -0.2) is 0 Å². The van der Waals surface area contributed by atoms with Crippen LogP contribution in [0, 0.1) is 5.92 Å². The molecule has 2 aromatic carbocycles. The zero-order chi connectivity index (χ0) is 15.1. The first-order chi connectivity index (χ1) is 10.2. The highest BCUT2D eigenvalue weighted by Gasteiger charge is 2.17. The van der Waals surface area contributed by atoms with Crippen molar-refractivity contribution in [3.63, 3.8) is 0 Å². The molecule has 0 N–H and O–H groups in total. The highest BCUT2D eigenvalue weighted by molar-refractivity contribution is 7.72. The molecule has 1 unspecified atom stereocenters. The van der Waals surface area contributed by atoms with Crippen molar-refractivity contribution in [1.82, 2.24) is 0 Å². The monoisotopic (exact) mass is 298 g/mol. The summed E-state index contributed by atoms with van der Waals surface area (Å²) in [5.74, 6) is 0.450. The number of hydrogen-bond donors (Lipinski definition) is 0. The third-order valence-corrected chi connectivity index (χ3v) is 5.67. The topological polar surface area (TPSA) is 9.23 Å². The molecule has 0 aliphatic rings. The summed E-state index contributed by atoms with van der Waals surface area (Å²) in [5.41, 5.74) is 0. The van der Waals surface area contributed by atoms with Crippen molar-refractivity contribution in [2.24, 2.45) is 5.92 Å². The lowest BCUT2D eigenvalue weighted by Gasteiger charge is -2.23. The summed E-state index contributed by atoms with van der Waals surface area (Å²) in [7, 11) is -0.484. The first-order valence-corrected chi connectivity index (χ1v) is 8.87. The van der Waals surface area contributed by atoms with Crippen LogP contribution in [0.2, 0.25) is 0 Å². The van der Waals surface area contributed by atoms with E-state index in [0.29, 0.717) is 5.92 Å². The Morgan fingerprint density at radius 1 is 0.952 bits per heavy atom. The molecule has 0 aromatic heterocycles. The standard InChI is InChI=1S/C19H23OP/c1-4-19(16(2)3)20-15-21(17-11-7-5-8-12-17)18-13-9-6-10-14-18/h4-14,16,19H,1,15H2,2-3H3. The second kappa shape index (κ2) is 8.12.